The van der Waals surface area contributed by atoms with Crippen molar-refractivity contribution in [1.29, 1.82) is 0 Å². The molecule has 0 aliphatic carbocycles. The van der Waals surface area contributed by atoms with Crippen molar-refractivity contribution in [3.05, 3.63) is 29.3 Å². The van der Waals surface area contributed by atoms with Gasteiger partial charge in [0.1, 0.15) is 11.4 Å². The van der Waals surface area contributed by atoms with E-state index in [1.165, 1.54) is 17.9 Å². The summed E-state index contributed by atoms with van der Waals surface area (Å²) in [6.07, 6.45) is 1.30. The lowest BCUT2D eigenvalue weighted by Crippen LogP contribution is -2.17. The SMILES string of the molecule is COc1ccc2c(c1)c(N=O)cn2C(N)=O. The molecule has 0 saturated heterocycles. The Balaban J connectivity index is 2.79. The average Bonchev–Trinajstić information content (AvgIpc) is 2.66. The quantitative estimate of drug-likeness (QED) is 0.783. The van der Waals surface area contributed by atoms with E-state index in [9.17, 15) is 9.70 Å². The van der Waals surface area contributed by atoms with Gasteiger partial charge in [0, 0.05) is 11.6 Å². The van der Waals surface area contributed by atoms with E-state index in [0.29, 0.717) is 16.7 Å². The number of ether oxygens (including phenoxy) is 1. The standard InChI is InChI=1S/C10H9N3O3/c1-16-6-2-3-9-7(4-6)8(12-15)5-13(9)10(11)14/h2-5H,1H3,(H2,11,14). The van der Waals surface area contributed by atoms with Crippen LogP contribution in [-0.4, -0.2) is 17.7 Å². The summed E-state index contributed by atoms with van der Waals surface area (Å²) in [4.78, 5) is 21.7. The second kappa shape index (κ2) is 3.65. The molecule has 2 N–H and O–H groups in total. The highest BCUT2D eigenvalue weighted by molar-refractivity contribution is 5.98. The molecule has 6 nitrogen and oxygen atoms in total. The molecule has 1 heterocycles. The minimum Gasteiger partial charge on any atom is -0.497 e. The fourth-order valence-corrected chi connectivity index (χ4v) is 1.57. The molecular formula is C10H9N3O3. The molecule has 6 heteroatoms. The van der Waals surface area contributed by atoms with Gasteiger partial charge in [0.15, 0.2) is 0 Å². The predicted molar refractivity (Wildman–Crippen MR) is 58.9 cm³/mol. The van der Waals surface area contributed by atoms with E-state index in [4.69, 9.17) is 10.5 Å². The second-order valence-electron chi connectivity index (χ2n) is 3.20. The number of hydrogen-bond donors (Lipinski definition) is 1. The maximum absolute atomic E-state index is 11.1. The van der Waals surface area contributed by atoms with Gasteiger partial charge in [-0.25, -0.2) is 4.79 Å². The third-order valence-electron chi connectivity index (χ3n) is 2.33. The molecule has 0 spiro atoms. The van der Waals surface area contributed by atoms with Crippen LogP contribution in [0.15, 0.2) is 29.6 Å². The summed E-state index contributed by atoms with van der Waals surface area (Å²) < 4.78 is 6.19. The summed E-state index contributed by atoms with van der Waals surface area (Å²) in [7, 11) is 1.51. The Bertz CT molecular complexity index is 574. The fraction of sp³-hybridized carbons (Fsp3) is 0.100. The lowest BCUT2D eigenvalue weighted by molar-refractivity contribution is 0.251. The zero-order chi connectivity index (χ0) is 11.7. The zero-order valence-corrected chi connectivity index (χ0v) is 8.51. The number of fused-ring (bicyclic) bond motifs is 1. The first-order valence-corrected chi connectivity index (χ1v) is 4.49. The van der Waals surface area contributed by atoms with Crippen molar-refractivity contribution in [2.75, 3.05) is 7.11 Å². The summed E-state index contributed by atoms with van der Waals surface area (Å²) >= 11 is 0. The lowest BCUT2D eigenvalue weighted by atomic mass is 10.2. The van der Waals surface area contributed by atoms with Gasteiger partial charge < -0.3 is 10.5 Å². The van der Waals surface area contributed by atoms with Crippen molar-refractivity contribution in [2.24, 2.45) is 10.9 Å². The summed E-state index contributed by atoms with van der Waals surface area (Å²) in [5.41, 5.74) is 5.86. The Morgan fingerprint density at radius 3 is 2.81 bits per heavy atom. The predicted octanol–water partition coefficient (Wildman–Crippen LogP) is 1.97. The number of primary amides is 1. The molecule has 2 rings (SSSR count). The van der Waals surface area contributed by atoms with Crippen LogP contribution in [0.2, 0.25) is 0 Å². The van der Waals surface area contributed by atoms with Gasteiger partial charge in [-0.1, -0.05) is 0 Å². The number of rotatable bonds is 2. The van der Waals surface area contributed by atoms with Crippen LogP contribution >= 0.6 is 0 Å². The highest BCUT2D eigenvalue weighted by Gasteiger charge is 2.12. The van der Waals surface area contributed by atoms with Gasteiger partial charge in [0.2, 0.25) is 0 Å². The van der Waals surface area contributed by atoms with E-state index >= 15 is 0 Å². The Labute approximate surface area is 90.6 Å². The van der Waals surface area contributed by atoms with Gasteiger partial charge in [-0.3, -0.25) is 4.57 Å². The van der Waals surface area contributed by atoms with E-state index < -0.39 is 6.03 Å². The minimum absolute atomic E-state index is 0.160. The van der Waals surface area contributed by atoms with Gasteiger partial charge in [-0.15, -0.1) is 4.91 Å². The van der Waals surface area contributed by atoms with Gasteiger partial charge in [-0.05, 0) is 23.4 Å². The molecule has 2 aromatic rings. The number of nitrogens with zero attached hydrogens (tertiary/aromatic N) is 2. The molecular weight excluding hydrogens is 210 g/mol. The molecule has 0 saturated carbocycles. The number of nitroso groups, excluding NO2 is 1. The number of amides is 1. The number of aromatic nitrogens is 1. The summed E-state index contributed by atoms with van der Waals surface area (Å²) in [5, 5.41) is 3.38. The number of methoxy groups -OCH3 is 1. The van der Waals surface area contributed by atoms with Crippen LogP contribution in [0.25, 0.3) is 10.9 Å². The smallest absolute Gasteiger partial charge is 0.323 e. The number of nitrogens with two attached hydrogens (primary N) is 1. The van der Waals surface area contributed by atoms with Gasteiger partial charge in [-0.2, -0.15) is 0 Å². The van der Waals surface area contributed by atoms with Crippen LogP contribution < -0.4 is 10.5 Å². The first kappa shape index (κ1) is 10.2. The van der Waals surface area contributed by atoms with Crippen LogP contribution in [0.4, 0.5) is 10.5 Å². The average molecular weight is 219 g/mol. The van der Waals surface area contributed by atoms with Gasteiger partial charge in [0.25, 0.3) is 0 Å². The Morgan fingerprint density at radius 1 is 1.50 bits per heavy atom. The van der Waals surface area contributed by atoms with Crippen molar-refractivity contribution >= 4 is 22.6 Å². The summed E-state index contributed by atoms with van der Waals surface area (Å²) in [6.45, 7) is 0. The number of carbonyl (C=O) groups is 1. The Hall–Kier alpha value is -2.37. The molecule has 1 aromatic heterocycles. The zero-order valence-electron chi connectivity index (χ0n) is 8.51. The largest absolute Gasteiger partial charge is 0.497 e. The van der Waals surface area contributed by atoms with E-state index in [2.05, 4.69) is 5.18 Å². The Kier molecular flexibility index (Phi) is 2.32. The van der Waals surface area contributed by atoms with Gasteiger partial charge in [0.05, 0.1) is 12.6 Å². The van der Waals surface area contributed by atoms with Crippen molar-refractivity contribution < 1.29 is 9.53 Å². The molecule has 16 heavy (non-hydrogen) atoms. The molecule has 0 aliphatic rings. The summed E-state index contributed by atoms with van der Waals surface area (Å²) in [5.74, 6) is 0.583. The Morgan fingerprint density at radius 2 is 2.25 bits per heavy atom. The van der Waals surface area contributed by atoms with E-state index in [1.54, 1.807) is 18.2 Å². The topological polar surface area (TPSA) is 86.7 Å². The third kappa shape index (κ3) is 1.40. The minimum atomic E-state index is -0.662. The highest BCUT2D eigenvalue weighted by atomic mass is 16.5. The van der Waals surface area contributed by atoms with Gasteiger partial charge >= 0.3 is 6.03 Å². The highest BCUT2D eigenvalue weighted by Crippen LogP contribution is 2.31. The normalized spacial score (nSPS) is 10.3. The second-order valence-corrected chi connectivity index (χ2v) is 3.20. The third-order valence-corrected chi connectivity index (χ3v) is 2.33. The molecule has 0 unspecified atom stereocenters. The molecule has 82 valence electrons. The maximum atomic E-state index is 11.1. The van der Waals surface area contributed by atoms with Crippen molar-refractivity contribution in [2.45, 2.75) is 0 Å². The number of carbonyl (C=O) groups excluding carboxylic acids is 1. The first-order valence-electron chi connectivity index (χ1n) is 4.49. The molecule has 0 atom stereocenters. The fourth-order valence-electron chi connectivity index (χ4n) is 1.57. The van der Waals surface area contributed by atoms with Crippen molar-refractivity contribution in [3.8, 4) is 5.75 Å². The monoisotopic (exact) mass is 219 g/mol. The summed E-state index contributed by atoms with van der Waals surface area (Å²) in [6, 6.07) is 4.29. The molecule has 0 bridgehead atoms. The van der Waals surface area contributed by atoms with E-state index in [-0.39, 0.29) is 5.69 Å². The molecule has 0 fully saturated rings. The van der Waals surface area contributed by atoms with E-state index in [1.807, 2.05) is 0 Å². The van der Waals surface area contributed by atoms with Crippen LogP contribution in [-0.2, 0) is 0 Å². The van der Waals surface area contributed by atoms with Crippen LogP contribution in [0, 0.1) is 4.91 Å². The van der Waals surface area contributed by atoms with Crippen LogP contribution in [0.5, 0.6) is 5.75 Å². The maximum Gasteiger partial charge on any atom is 0.323 e. The first-order chi connectivity index (χ1) is 7.67. The number of benzene rings is 1. The van der Waals surface area contributed by atoms with Crippen LogP contribution in [0.1, 0.15) is 0 Å². The van der Waals surface area contributed by atoms with E-state index in [0.717, 1.165) is 0 Å². The van der Waals surface area contributed by atoms with Crippen molar-refractivity contribution in [3.63, 3.8) is 0 Å². The molecule has 0 radical (unpaired) electrons. The molecule has 0 aliphatic heterocycles. The lowest BCUT2D eigenvalue weighted by Gasteiger charge is -2.01. The molecule has 1 amide bonds. The molecule has 1 aromatic carbocycles. The number of hydrogen-bond acceptors (Lipinski definition) is 4. The van der Waals surface area contributed by atoms with Crippen LogP contribution in [0.3, 0.4) is 0 Å². The van der Waals surface area contributed by atoms with Crippen molar-refractivity contribution in [1.82, 2.24) is 4.57 Å².